The lowest BCUT2D eigenvalue weighted by atomic mass is 9.80. The Balaban J connectivity index is 1.28. The molecule has 41 heavy (non-hydrogen) atoms. The molecule has 0 spiro atoms. The molecular weight excluding hydrogens is 514 g/mol. The summed E-state index contributed by atoms with van der Waals surface area (Å²) in [6.45, 7) is 4.42. The average molecular weight is 552 g/mol. The van der Waals surface area contributed by atoms with Gasteiger partial charge in [0.2, 0.25) is 0 Å². The largest absolute Gasteiger partial charge is 0.359 e. The Bertz CT molecular complexity index is 1290. The van der Waals surface area contributed by atoms with Crippen LogP contribution in [0, 0.1) is 0 Å². The predicted molar refractivity (Wildman–Crippen MR) is 157 cm³/mol. The number of hydrogen-bond donors (Lipinski definition) is 1. The van der Waals surface area contributed by atoms with Crippen LogP contribution >= 0.6 is 0 Å². The highest BCUT2D eigenvalue weighted by Gasteiger charge is 2.57. The zero-order valence-corrected chi connectivity index (χ0v) is 23.5. The Morgan fingerprint density at radius 2 is 1.17 bits per heavy atom. The highest BCUT2D eigenvalue weighted by atomic mass is 16.8. The molecule has 0 aliphatic carbocycles. The van der Waals surface area contributed by atoms with Crippen LogP contribution in [0.4, 0.5) is 0 Å². The van der Waals surface area contributed by atoms with Gasteiger partial charge in [-0.2, -0.15) is 0 Å². The number of fused-ring (bicyclic) bond motifs is 1. The van der Waals surface area contributed by atoms with E-state index in [0.717, 1.165) is 22.3 Å². The van der Waals surface area contributed by atoms with Crippen LogP contribution in [0.15, 0.2) is 121 Å². The summed E-state index contributed by atoms with van der Waals surface area (Å²) in [6, 6.07) is 40.3. The molecule has 0 bridgehead atoms. The molecule has 0 amide bonds. The van der Waals surface area contributed by atoms with Crippen molar-refractivity contribution in [3.05, 3.63) is 144 Å². The van der Waals surface area contributed by atoms with E-state index in [-0.39, 0.29) is 12.7 Å². The van der Waals surface area contributed by atoms with Gasteiger partial charge >= 0.3 is 0 Å². The monoisotopic (exact) mass is 551 g/mol. The maximum absolute atomic E-state index is 6.98. The first-order valence-electron chi connectivity index (χ1n) is 14.2. The molecule has 4 aromatic rings. The highest BCUT2D eigenvalue weighted by Crippen LogP contribution is 2.43. The van der Waals surface area contributed by atoms with Gasteiger partial charge in [-0.1, -0.05) is 121 Å². The quantitative estimate of drug-likeness (QED) is 0.252. The van der Waals surface area contributed by atoms with E-state index < -0.39 is 35.9 Å². The fourth-order valence-electron chi connectivity index (χ4n) is 5.91. The molecule has 4 aromatic carbocycles. The Labute approximate surface area is 242 Å². The summed E-state index contributed by atoms with van der Waals surface area (Å²) >= 11 is 0. The maximum atomic E-state index is 6.98. The van der Waals surface area contributed by atoms with Gasteiger partial charge in [0.15, 0.2) is 12.1 Å². The minimum atomic E-state index is -0.880. The molecule has 0 aromatic heterocycles. The summed E-state index contributed by atoms with van der Waals surface area (Å²) < 4.78 is 32.2. The van der Waals surface area contributed by atoms with Crippen LogP contribution < -0.4 is 5.73 Å². The van der Waals surface area contributed by atoms with Crippen molar-refractivity contribution in [2.24, 2.45) is 5.73 Å². The van der Waals surface area contributed by atoms with Crippen LogP contribution in [-0.2, 0) is 35.9 Å². The molecule has 6 rings (SSSR count). The molecule has 2 saturated heterocycles. The third-order valence-corrected chi connectivity index (χ3v) is 7.76. The number of rotatable bonds is 10. The third kappa shape index (κ3) is 5.72. The second-order valence-electron chi connectivity index (χ2n) is 11.1. The fourth-order valence-corrected chi connectivity index (χ4v) is 5.91. The van der Waals surface area contributed by atoms with Crippen LogP contribution in [0.2, 0.25) is 0 Å². The lowest BCUT2D eigenvalue weighted by molar-refractivity contribution is -0.239. The van der Waals surface area contributed by atoms with Crippen LogP contribution in [0.1, 0.15) is 36.1 Å². The number of benzene rings is 4. The molecule has 2 N–H and O–H groups in total. The number of hydrogen-bond acceptors (Lipinski definition) is 6. The van der Waals surface area contributed by atoms with Gasteiger partial charge in [-0.05, 0) is 36.1 Å². The van der Waals surface area contributed by atoms with E-state index in [2.05, 4.69) is 36.4 Å². The van der Waals surface area contributed by atoms with E-state index in [1.807, 2.05) is 98.8 Å². The van der Waals surface area contributed by atoms with Gasteiger partial charge in [0.05, 0.1) is 19.3 Å². The fraction of sp³-hybridized carbons (Fsp3) is 0.314. The van der Waals surface area contributed by atoms with E-state index in [4.69, 9.17) is 29.4 Å². The van der Waals surface area contributed by atoms with Crippen molar-refractivity contribution in [3.8, 4) is 0 Å². The van der Waals surface area contributed by atoms with Crippen molar-refractivity contribution in [1.29, 1.82) is 0 Å². The molecule has 2 aliphatic rings. The van der Waals surface area contributed by atoms with Crippen LogP contribution in [0.25, 0.3) is 0 Å². The minimum absolute atomic E-state index is 0.210. The highest BCUT2D eigenvalue weighted by molar-refractivity contribution is 5.47. The van der Waals surface area contributed by atoms with Gasteiger partial charge in [-0.25, -0.2) is 0 Å². The molecule has 2 heterocycles. The Morgan fingerprint density at radius 3 is 1.68 bits per heavy atom. The summed E-state index contributed by atoms with van der Waals surface area (Å²) in [5, 5.41) is 0. The van der Waals surface area contributed by atoms with E-state index in [0.29, 0.717) is 6.61 Å². The second-order valence-corrected chi connectivity index (χ2v) is 11.1. The molecule has 0 saturated carbocycles. The SMILES string of the molecule is CC1(C)OC2[C@H]([C@@H](N)COC(c3ccccc3)(c3ccccc3)c3ccccc3)O[C@@H](OCc3ccccc3)[C@H]2O1. The molecule has 0 radical (unpaired) electrons. The lowest BCUT2D eigenvalue weighted by Crippen LogP contribution is -2.48. The third-order valence-electron chi connectivity index (χ3n) is 7.76. The summed E-state index contributed by atoms with van der Waals surface area (Å²) in [4.78, 5) is 0. The van der Waals surface area contributed by atoms with Gasteiger partial charge < -0.3 is 29.4 Å². The van der Waals surface area contributed by atoms with Crippen molar-refractivity contribution in [2.45, 2.75) is 62.5 Å². The molecule has 2 aliphatic heterocycles. The summed E-state index contributed by atoms with van der Waals surface area (Å²) in [5.74, 6) is -0.770. The van der Waals surface area contributed by atoms with E-state index in [1.165, 1.54) is 0 Å². The lowest BCUT2D eigenvalue weighted by Gasteiger charge is -2.37. The minimum Gasteiger partial charge on any atom is -0.359 e. The standard InChI is InChI=1S/C35H37NO5/c1-34(2)40-31-30(39-33(32(31)41-34)37-23-25-15-7-3-8-16-25)29(36)24-38-35(26-17-9-4-10-18-26,27-19-11-5-12-20-27)28-21-13-6-14-22-28/h3-22,29-33H,23-24,36H2,1-2H3/t29-,30-,31?,32-,33+/m0/s1. The van der Waals surface area contributed by atoms with Crippen LogP contribution in [-0.4, -0.2) is 43.0 Å². The number of nitrogens with two attached hydrogens (primary N) is 1. The zero-order chi connectivity index (χ0) is 28.3. The van der Waals surface area contributed by atoms with E-state index in [9.17, 15) is 0 Å². The molecule has 1 unspecified atom stereocenters. The topological polar surface area (TPSA) is 72.2 Å². The van der Waals surface area contributed by atoms with Crippen molar-refractivity contribution in [1.82, 2.24) is 0 Å². The molecule has 6 heteroatoms. The molecule has 5 atom stereocenters. The van der Waals surface area contributed by atoms with Crippen molar-refractivity contribution < 1.29 is 23.7 Å². The number of ether oxygens (including phenoxy) is 5. The van der Waals surface area contributed by atoms with Crippen molar-refractivity contribution >= 4 is 0 Å². The second kappa shape index (κ2) is 11.9. The molecular formula is C35H37NO5. The van der Waals surface area contributed by atoms with Crippen LogP contribution in [0.3, 0.4) is 0 Å². The summed E-state index contributed by atoms with van der Waals surface area (Å²) in [6.07, 6.45) is -1.88. The van der Waals surface area contributed by atoms with Gasteiger partial charge in [-0.15, -0.1) is 0 Å². The van der Waals surface area contributed by atoms with E-state index in [1.54, 1.807) is 0 Å². The Kier molecular flexibility index (Phi) is 8.04. The first kappa shape index (κ1) is 27.8. The zero-order valence-electron chi connectivity index (χ0n) is 23.5. The summed E-state index contributed by atoms with van der Waals surface area (Å²) in [5.41, 5.74) is 10.1. The molecule has 212 valence electrons. The van der Waals surface area contributed by atoms with Crippen molar-refractivity contribution in [3.63, 3.8) is 0 Å². The van der Waals surface area contributed by atoms with Crippen molar-refractivity contribution in [2.75, 3.05) is 6.61 Å². The van der Waals surface area contributed by atoms with Gasteiger partial charge in [-0.3, -0.25) is 0 Å². The van der Waals surface area contributed by atoms with Gasteiger partial charge in [0, 0.05) is 0 Å². The normalized spacial score (nSPS) is 24.2. The molecule has 6 nitrogen and oxygen atoms in total. The Hall–Kier alpha value is -3.36. The summed E-state index contributed by atoms with van der Waals surface area (Å²) in [7, 11) is 0. The first-order valence-corrected chi connectivity index (χ1v) is 14.2. The average Bonchev–Trinajstić information content (AvgIpc) is 3.51. The van der Waals surface area contributed by atoms with Gasteiger partial charge in [0.1, 0.15) is 23.9 Å². The van der Waals surface area contributed by atoms with E-state index >= 15 is 0 Å². The molecule has 2 fully saturated rings. The smallest absolute Gasteiger partial charge is 0.187 e. The first-order chi connectivity index (χ1) is 20.0. The maximum Gasteiger partial charge on any atom is 0.187 e. The van der Waals surface area contributed by atoms with Gasteiger partial charge in [0.25, 0.3) is 0 Å². The Morgan fingerprint density at radius 1 is 0.707 bits per heavy atom. The van der Waals surface area contributed by atoms with Crippen LogP contribution in [0.5, 0.6) is 0 Å². The predicted octanol–water partition coefficient (Wildman–Crippen LogP) is 5.78.